The number of aliphatic hydroxyl groups excluding tert-OH is 1. The molecule has 0 aliphatic heterocycles. The van der Waals surface area contributed by atoms with Crippen LogP contribution in [0, 0.1) is 0 Å². The van der Waals surface area contributed by atoms with Crippen molar-refractivity contribution >= 4 is 15.9 Å². The predicted octanol–water partition coefficient (Wildman–Crippen LogP) is 4.13. The van der Waals surface area contributed by atoms with Crippen molar-refractivity contribution in [1.82, 2.24) is 0 Å². The molecule has 1 N–H and O–H groups in total. The second kappa shape index (κ2) is 6.59. The van der Waals surface area contributed by atoms with Gasteiger partial charge in [0.25, 0.3) is 0 Å². The lowest BCUT2D eigenvalue weighted by atomic mass is 10.2. The monoisotopic (exact) mass is 322 g/mol. The van der Waals surface area contributed by atoms with Gasteiger partial charge in [-0.3, -0.25) is 0 Å². The zero-order chi connectivity index (χ0) is 13.7. The van der Waals surface area contributed by atoms with Gasteiger partial charge in [-0.1, -0.05) is 34.1 Å². The SMILES string of the molecule is CCOc1ccccc1Oc1cc(Br)ccc1CO. The van der Waals surface area contributed by atoms with Crippen LogP contribution in [-0.4, -0.2) is 11.7 Å². The Balaban J connectivity index is 2.33. The van der Waals surface area contributed by atoms with Crippen LogP contribution in [0.1, 0.15) is 12.5 Å². The van der Waals surface area contributed by atoms with E-state index in [1.54, 1.807) is 0 Å². The Morgan fingerprint density at radius 1 is 1.05 bits per heavy atom. The average Bonchev–Trinajstić information content (AvgIpc) is 2.42. The van der Waals surface area contributed by atoms with Crippen molar-refractivity contribution in [1.29, 1.82) is 0 Å². The maximum absolute atomic E-state index is 9.33. The van der Waals surface area contributed by atoms with E-state index in [0.717, 1.165) is 10.0 Å². The van der Waals surface area contributed by atoms with Crippen molar-refractivity contribution in [3.8, 4) is 17.2 Å². The molecule has 0 fully saturated rings. The van der Waals surface area contributed by atoms with E-state index >= 15 is 0 Å². The molecule has 0 aliphatic carbocycles. The van der Waals surface area contributed by atoms with Crippen molar-refractivity contribution in [2.45, 2.75) is 13.5 Å². The predicted molar refractivity (Wildman–Crippen MR) is 77.7 cm³/mol. The van der Waals surface area contributed by atoms with Crippen LogP contribution in [0.2, 0.25) is 0 Å². The quantitative estimate of drug-likeness (QED) is 0.899. The Morgan fingerprint density at radius 3 is 2.47 bits per heavy atom. The minimum atomic E-state index is -0.0700. The fourth-order valence-electron chi connectivity index (χ4n) is 1.68. The zero-order valence-electron chi connectivity index (χ0n) is 10.6. The van der Waals surface area contributed by atoms with E-state index in [1.807, 2.05) is 49.4 Å². The van der Waals surface area contributed by atoms with Crippen LogP contribution in [0.3, 0.4) is 0 Å². The minimum absolute atomic E-state index is 0.0700. The molecule has 0 unspecified atom stereocenters. The van der Waals surface area contributed by atoms with Crippen LogP contribution >= 0.6 is 15.9 Å². The Labute approximate surface area is 120 Å². The van der Waals surface area contributed by atoms with Crippen molar-refractivity contribution < 1.29 is 14.6 Å². The molecule has 0 saturated heterocycles. The molecule has 2 aromatic rings. The summed E-state index contributed by atoms with van der Waals surface area (Å²) in [4.78, 5) is 0. The van der Waals surface area contributed by atoms with E-state index in [2.05, 4.69) is 15.9 Å². The van der Waals surface area contributed by atoms with Gasteiger partial charge in [0.2, 0.25) is 0 Å². The number of halogens is 1. The molecular weight excluding hydrogens is 308 g/mol. The summed E-state index contributed by atoms with van der Waals surface area (Å²) >= 11 is 3.40. The summed E-state index contributed by atoms with van der Waals surface area (Å²) in [5.74, 6) is 1.94. The number of benzene rings is 2. The van der Waals surface area contributed by atoms with Gasteiger partial charge < -0.3 is 14.6 Å². The van der Waals surface area contributed by atoms with Crippen LogP contribution < -0.4 is 9.47 Å². The van der Waals surface area contributed by atoms with Gasteiger partial charge in [-0.15, -0.1) is 0 Å². The van der Waals surface area contributed by atoms with Crippen LogP contribution in [-0.2, 0) is 6.61 Å². The fourth-order valence-corrected chi connectivity index (χ4v) is 2.02. The van der Waals surface area contributed by atoms with Gasteiger partial charge in [-0.05, 0) is 31.2 Å². The summed E-state index contributed by atoms with van der Waals surface area (Å²) in [6.07, 6.45) is 0. The van der Waals surface area contributed by atoms with Gasteiger partial charge in [-0.25, -0.2) is 0 Å². The number of ether oxygens (including phenoxy) is 2. The fraction of sp³-hybridized carbons (Fsp3) is 0.200. The molecule has 19 heavy (non-hydrogen) atoms. The highest BCUT2D eigenvalue weighted by Crippen LogP contribution is 2.34. The molecule has 0 atom stereocenters. The molecule has 0 bridgehead atoms. The number of hydrogen-bond donors (Lipinski definition) is 1. The number of para-hydroxylation sites is 2. The molecule has 0 spiro atoms. The van der Waals surface area contributed by atoms with Crippen LogP contribution in [0.4, 0.5) is 0 Å². The van der Waals surface area contributed by atoms with Gasteiger partial charge in [0.15, 0.2) is 11.5 Å². The smallest absolute Gasteiger partial charge is 0.169 e. The standard InChI is InChI=1S/C15H15BrO3/c1-2-18-13-5-3-4-6-14(13)19-15-9-12(16)8-7-11(15)10-17/h3-9,17H,2,10H2,1H3. The van der Waals surface area contributed by atoms with Crippen molar-refractivity contribution in [3.63, 3.8) is 0 Å². The number of rotatable bonds is 5. The number of hydrogen-bond acceptors (Lipinski definition) is 3. The topological polar surface area (TPSA) is 38.7 Å². The summed E-state index contributed by atoms with van der Waals surface area (Å²) in [5, 5.41) is 9.33. The summed E-state index contributed by atoms with van der Waals surface area (Å²) in [7, 11) is 0. The average molecular weight is 323 g/mol. The molecule has 0 saturated carbocycles. The van der Waals surface area contributed by atoms with Gasteiger partial charge >= 0.3 is 0 Å². The van der Waals surface area contributed by atoms with E-state index < -0.39 is 0 Å². The first-order valence-corrected chi connectivity index (χ1v) is 6.83. The maximum atomic E-state index is 9.33. The molecule has 0 amide bonds. The van der Waals surface area contributed by atoms with Gasteiger partial charge in [-0.2, -0.15) is 0 Å². The molecule has 2 rings (SSSR count). The van der Waals surface area contributed by atoms with E-state index in [4.69, 9.17) is 9.47 Å². The molecule has 0 aromatic heterocycles. The lowest BCUT2D eigenvalue weighted by Gasteiger charge is -2.13. The molecule has 4 heteroatoms. The molecule has 3 nitrogen and oxygen atoms in total. The van der Waals surface area contributed by atoms with Gasteiger partial charge in [0.05, 0.1) is 13.2 Å². The third-order valence-corrected chi connectivity index (χ3v) is 3.06. The van der Waals surface area contributed by atoms with Crippen molar-refractivity contribution in [2.24, 2.45) is 0 Å². The second-order valence-electron chi connectivity index (χ2n) is 3.89. The molecule has 100 valence electrons. The van der Waals surface area contributed by atoms with Crippen LogP contribution in [0.15, 0.2) is 46.9 Å². The third kappa shape index (κ3) is 3.49. The third-order valence-electron chi connectivity index (χ3n) is 2.57. The van der Waals surface area contributed by atoms with Crippen molar-refractivity contribution in [2.75, 3.05) is 6.61 Å². The Hall–Kier alpha value is -1.52. The van der Waals surface area contributed by atoms with E-state index in [-0.39, 0.29) is 6.61 Å². The van der Waals surface area contributed by atoms with Crippen molar-refractivity contribution in [3.05, 3.63) is 52.5 Å². The van der Waals surface area contributed by atoms with E-state index in [0.29, 0.717) is 23.9 Å². The highest BCUT2D eigenvalue weighted by Gasteiger charge is 2.09. The molecule has 0 heterocycles. The zero-order valence-corrected chi connectivity index (χ0v) is 12.2. The van der Waals surface area contributed by atoms with Gasteiger partial charge in [0.1, 0.15) is 5.75 Å². The normalized spacial score (nSPS) is 10.3. The number of aliphatic hydroxyl groups is 1. The van der Waals surface area contributed by atoms with E-state index in [9.17, 15) is 5.11 Å². The minimum Gasteiger partial charge on any atom is -0.490 e. The lowest BCUT2D eigenvalue weighted by Crippen LogP contribution is -1.96. The Bertz CT molecular complexity index is 555. The van der Waals surface area contributed by atoms with Crippen LogP contribution in [0.25, 0.3) is 0 Å². The summed E-state index contributed by atoms with van der Waals surface area (Å²) in [6, 6.07) is 13.0. The largest absolute Gasteiger partial charge is 0.490 e. The first kappa shape index (κ1) is 13.9. The van der Waals surface area contributed by atoms with Gasteiger partial charge in [0, 0.05) is 10.0 Å². The maximum Gasteiger partial charge on any atom is 0.169 e. The second-order valence-corrected chi connectivity index (χ2v) is 4.81. The lowest BCUT2D eigenvalue weighted by molar-refractivity contribution is 0.274. The summed E-state index contributed by atoms with van der Waals surface area (Å²) in [5.41, 5.74) is 0.731. The Morgan fingerprint density at radius 2 is 1.79 bits per heavy atom. The highest BCUT2D eigenvalue weighted by atomic mass is 79.9. The molecule has 2 aromatic carbocycles. The summed E-state index contributed by atoms with van der Waals surface area (Å²) in [6.45, 7) is 2.43. The molecular formula is C15H15BrO3. The first-order chi connectivity index (χ1) is 9.24. The molecule has 0 aliphatic rings. The summed E-state index contributed by atoms with van der Waals surface area (Å²) < 4.78 is 12.3. The highest BCUT2D eigenvalue weighted by molar-refractivity contribution is 9.10. The molecule has 0 radical (unpaired) electrons. The van der Waals surface area contributed by atoms with Crippen LogP contribution in [0.5, 0.6) is 17.2 Å². The van der Waals surface area contributed by atoms with E-state index in [1.165, 1.54) is 0 Å². The first-order valence-electron chi connectivity index (χ1n) is 6.03. The Kier molecular flexibility index (Phi) is 4.82.